The van der Waals surface area contributed by atoms with Crippen molar-refractivity contribution in [2.75, 3.05) is 0 Å². The Labute approximate surface area is 97.1 Å². The molecule has 0 bridgehead atoms. The molecule has 84 valence electrons. The van der Waals surface area contributed by atoms with E-state index < -0.39 is 5.54 Å². The minimum absolute atomic E-state index is 0.112. The van der Waals surface area contributed by atoms with Crippen LogP contribution in [0.5, 0.6) is 0 Å². The number of carbonyl (C=O) groups excluding carboxylic acids is 1. The van der Waals surface area contributed by atoms with Crippen molar-refractivity contribution in [1.29, 1.82) is 0 Å². The number of rotatable bonds is 2. The quantitative estimate of drug-likeness (QED) is 0.754. The second-order valence-electron chi connectivity index (χ2n) is 4.49. The predicted molar refractivity (Wildman–Crippen MR) is 66.3 cm³/mol. The molecule has 0 heterocycles. The molecule has 0 aliphatic carbocycles. The van der Waals surface area contributed by atoms with Gasteiger partial charge in [-0.2, -0.15) is 0 Å². The molecule has 0 saturated heterocycles. The van der Waals surface area contributed by atoms with Crippen LogP contribution in [0.15, 0.2) is 18.2 Å². The number of hydrogen-bond donors (Lipinski definition) is 1. The second-order valence-corrected chi connectivity index (χ2v) is 4.49. The minimum atomic E-state index is -0.619. The highest BCUT2D eigenvalue weighted by Gasteiger charge is 2.20. The van der Waals surface area contributed by atoms with Gasteiger partial charge in [0.25, 0.3) is 5.91 Å². The first-order valence-electron chi connectivity index (χ1n) is 5.24. The summed E-state index contributed by atoms with van der Waals surface area (Å²) in [5.41, 5.74) is 2.02. The van der Waals surface area contributed by atoms with Crippen LogP contribution in [0.25, 0.3) is 0 Å². The van der Waals surface area contributed by atoms with Crippen molar-refractivity contribution >= 4 is 5.91 Å². The van der Waals surface area contributed by atoms with Gasteiger partial charge in [0.1, 0.15) is 0 Å². The Bertz CT molecular complexity index is 432. The van der Waals surface area contributed by atoms with E-state index in [-0.39, 0.29) is 5.91 Å². The summed E-state index contributed by atoms with van der Waals surface area (Å²) in [6, 6.07) is 5.78. The summed E-state index contributed by atoms with van der Waals surface area (Å²) in [5.74, 6) is 2.44. The number of terminal acetylenes is 1. The van der Waals surface area contributed by atoms with E-state index in [2.05, 4.69) is 11.2 Å². The average molecular weight is 215 g/mol. The van der Waals surface area contributed by atoms with E-state index in [4.69, 9.17) is 6.42 Å². The van der Waals surface area contributed by atoms with Crippen LogP contribution < -0.4 is 5.32 Å². The summed E-state index contributed by atoms with van der Waals surface area (Å²) in [4.78, 5) is 12.1. The van der Waals surface area contributed by atoms with E-state index in [0.717, 1.165) is 11.1 Å². The number of benzene rings is 1. The second kappa shape index (κ2) is 4.40. The first-order chi connectivity index (χ1) is 7.37. The molecule has 0 spiro atoms. The van der Waals surface area contributed by atoms with Crippen molar-refractivity contribution < 1.29 is 4.79 Å². The number of carbonyl (C=O) groups is 1. The predicted octanol–water partition coefficient (Wildman–Crippen LogP) is 2.45. The van der Waals surface area contributed by atoms with Crippen molar-refractivity contribution in [2.24, 2.45) is 0 Å². The minimum Gasteiger partial charge on any atom is -0.336 e. The van der Waals surface area contributed by atoms with Gasteiger partial charge in [0.15, 0.2) is 0 Å². The average Bonchev–Trinajstić information content (AvgIpc) is 2.16. The third kappa shape index (κ3) is 2.64. The van der Waals surface area contributed by atoms with Gasteiger partial charge in [0.2, 0.25) is 0 Å². The Kier molecular flexibility index (Phi) is 3.39. The van der Waals surface area contributed by atoms with Gasteiger partial charge in [-0.25, -0.2) is 0 Å². The zero-order valence-corrected chi connectivity index (χ0v) is 10.2. The SMILES string of the molecule is C#CC(C)(C)NC(=O)c1c(C)cccc1C. The highest BCUT2D eigenvalue weighted by Crippen LogP contribution is 2.14. The van der Waals surface area contributed by atoms with Crippen molar-refractivity contribution in [3.05, 3.63) is 34.9 Å². The molecule has 0 fully saturated rings. The van der Waals surface area contributed by atoms with Gasteiger partial charge in [0.05, 0.1) is 5.54 Å². The standard InChI is InChI=1S/C14H17NO/c1-6-14(4,5)15-13(16)12-10(2)8-7-9-11(12)3/h1,7-9H,2-5H3,(H,15,16). The smallest absolute Gasteiger partial charge is 0.252 e. The number of nitrogens with one attached hydrogen (secondary N) is 1. The van der Waals surface area contributed by atoms with Crippen LogP contribution in [-0.4, -0.2) is 11.4 Å². The third-order valence-corrected chi connectivity index (χ3v) is 2.50. The molecule has 1 aromatic rings. The lowest BCUT2D eigenvalue weighted by Crippen LogP contribution is -2.42. The van der Waals surface area contributed by atoms with Gasteiger partial charge >= 0.3 is 0 Å². The monoisotopic (exact) mass is 215 g/mol. The van der Waals surface area contributed by atoms with Crippen LogP contribution in [0, 0.1) is 26.2 Å². The van der Waals surface area contributed by atoms with Crippen molar-refractivity contribution in [1.82, 2.24) is 5.32 Å². The topological polar surface area (TPSA) is 29.1 Å². The van der Waals surface area contributed by atoms with Gasteiger partial charge in [0, 0.05) is 5.56 Å². The summed E-state index contributed by atoms with van der Waals surface area (Å²) < 4.78 is 0. The number of amides is 1. The highest BCUT2D eigenvalue weighted by atomic mass is 16.1. The van der Waals surface area contributed by atoms with Gasteiger partial charge in [-0.1, -0.05) is 24.1 Å². The lowest BCUT2D eigenvalue weighted by molar-refractivity contribution is 0.0928. The fourth-order valence-corrected chi connectivity index (χ4v) is 1.56. The number of hydrogen-bond acceptors (Lipinski definition) is 1. The Morgan fingerprint density at radius 2 is 1.81 bits per heavy atom. The van der Waals surface area contributed by atoms with Crippen molar-refractivity contribution in [3.8, 4) is 12.3 Å². The fraction of sp³-hybridized carbons (Fsp3) is 0.357. The molecule has 0 aliphatic rings. The maximum absolute atomic E-state index is 12.1. The fourth-order valence-electron chi connectivity index (χ4n) is 1.56. The first-order valence-corrected chi connectivity index (χ1v) is 5.24. The first kappa shape index (κ1) is 12.3. The Morgan fingerprint density at radius 1 is 1.31 bits per heavy atom. The van der Waals surface area contributed by atoms with E-state index >= 15 is 0 Å². The van der Waals surface area contributed by atoms with Gasteiger partial charge in [-0.15, -0.1) is 6.42 Å². The lowest BCUT2D eigenvalue weighted by atomic mass is 10.00. The Morgan fingerprint density at radius 3 is 2.25 bits per heavy atom. The maximum atomic E-state index is 12.1. The molecule has 1 N–H and O–H groups in total. The molecule has 0 unspecified atom stereocenters. The van der Waals surface area contributed by atoms with Crippen LogP contribution in [-0.2, 0) is 0 Å². The maximum Gasteiger partial charge on any atom is 0.252 e. The molecule has 0 saturated carbocycles. The van der Waals surface area contributed by atoms with Crippen LogP contribution >= 0.6 is 0 Å². The molecule has 0 aromatic heterocycles. The summed E-state index contributed by atoms with van der Waals surface area (Å²) in [6.45, 7) is 7.45. The molecule has 1 rings (SSSR count). The van der Waals surface area contributed by atoms with E-state index in [0.29, 0.717) is 5.56 Å². The largest absolute Gasteiger partial charge is 0.336 e. The Balaban J connectivity index is 3.04. The normalized spacial score (nSPS) is 10.7. The summed E-state index contributed by atoms with van der Waals surface area (Å²) >= 11 is 0. The van der Waals surface area contributed by atoms with E-state index in [1.807, 2.05) is 32.0 Å². The molecule has 0 atom stereocenters. The van der Waals surface area contributed by atoms with Gasteiger partial charge in [-0.05, 0) is 38.8 Å². The molecule has 2 heteroatoms. The van der Waals surface area contributed by atoms with Crippen molar-refractivity contribution in [2.45, 2.75) is 33.2 Å². The molecule has 1 amide bonds. The zero-order valence-electron chi connectivity index (χ0n) is 10.2. The summed E-state index contributed by atoms with van der Waals surface area (Å²) in [6.07, 6.45) is 5.34. The Hall–Kier alpha value is -1.75. The van der Waals surface area contributed by atoms with Gasteiger partial charge in [-0.3, -0.25) is 4.79 Å². The van der Waals surface area contributed by atoms with Crippen LogP contribution in [0.3, 0.4) is 0 Å². The van der Waals surface area contributed by atoms with E-state index in [9.17, 15) is 4.79 Å². The van der Waals surface area contributed by atoms with Crippen LogP contribution in [0.2, 0.25) is 0 Å². The van der Waals surface area contributed by atoms with E-state index in [1.54, 1.807) is 13.8 Å². The summed E-state index contributed by atoms with van der Waals surface area (Å²) in [7, 11) is 0. The van der Waals surface area contributed by atoms with Crippen molar-refractivity contribution in [3.63, 3.8) is 0 Å². The third-order valence-electron chi connectivity index (χ3n) is 2.50. The molecule has 2 nitrogen and oxygen atoms in total. The van der Waals surface area contributed by atoms with Gasteiger partial charge < -0.3 is 5.32 Å². The molecular weight excluding hydrogens is 198 g/mol. The van der Waals surface area contributed by atoms with Crippen LogP contribution in [0.1, 0.15) is 35.3 Å². The molecule has 16 heavy (non-hydrogen) atoms. The van der Waals surface area contributed by atoms with Crippen LogP contribution in [0.4, 0.5) is 0 Å². The molecule has 0 radical (unpaired) electrons. The molecule has 0 aliphatic heterocycles. The van der Waals surface area contributed by atoms with E-state index in [1.165, 1.54) is 0 Å². The lowest BCUT2D eigenvalue weighted by Gasteiger charge is -2.21. The molecular formula is C14H17NO. The zero-order chi connectivity index (χ0) is 12.3. The molecule has 1 aromatic carbocycles. The summed E-state index contributed by atoms with van der Waals surface area (Å²) in [5, 5.41) is 2.83. The highest BCUT2D eigenvalue weighted by molar-refractivity contribution is 5.97. The number of aryl methyl sites for hydroxylation is 2.